The van der Waals surface area contributed by atoms with Crippen LogP contribution < -0.4 is 4.90 Å². The van der Waals surface area contributed by atoms with Crippen LogP contribution in [0.15, 0.2) is 22.7 Å². The fraction of sp³-hybridized carbons (Fsp3) is 0.533. The van der Waals surface area contributed by atoms with Gasteiger partial charge in [-0.2, -0.15) is 0 Å². The third kappa shape index (κ3) is 2.85. The van der Waals surface area contributed by atoms with E-state index < -0.39 is 5.60 Å². The highest BCUT2D eigenvalue weighted by molar-refractivity contribution is 9.10. The summed E-state index contributed by atoms with van der Waals surface area (Å²) in [6.07, 6.45) is 2.06. The number of piperidine rings is 1. The Bertz CT molecular complexity index is 612. The van der Waals surface area contributed by atoms with Crippen molar-refractivity contribution in [1.82, 2.24) is 4.98 Å². The first kappa shape index (κ1) is 14.3. The average Bonchev–Trinajstić information content (AvgIpc) is 2.80. The first-order valence-electron chi connectivity index (χ1n) is 6.97. The average molecular weight is 355 g/mol. The Morgan fingerprint density at radius 1 is 1.35 bits per heavy atom. The number of thiazole rings is 1. The molecule has 5 heteroatoms. The summed E-state index contributed by atoms with van der Waals surface area (Å²) in [6.45, 7) is 5.80. The van der Waals surface area contributed by atoms with Crippen LogP contribution in [0, 0.1) is 5.92 Å². The van der Waals surface area contributed by atoms with Gasteiger partial charge in [-0.25, -0.2) is 4.98 Å². The third-order valence-corrected chi connectivity index (χ3v) is 5.68. The Morgan fingerprint density at radius 3 is 2.70 bits per heavy atom. The zero-order chi connectivity index (χ0) is 14.3. The highest BCUT2D eigenvalue weighted by atomic mass is 79.9. The fourth-order valence-electron chi connectivity index (χ4n) is 2.80. The summed E-state index contributed by atoms with van der Waals surface area (Å²) in [6, 6.07) is 6.22. The van der Waals surface area contributed by atoms with Gasteiger partial charge in [0.15, 0.2) is 5.13 Å². The van der Waals surface area contributed by atoms with E-state index in [0.29, 0.717) is 5.92 Å². The predicted molar refractivity (Wildman–Crippen MR) is 88.6 cm³/mol. The van der Waals surface area contributed by atoms with E-state index in [1.54, 1.807) is 11.3 Å². The van der Waals surface area contributed by atoms with Gasteiger partial charge in [-0.05, 0) is 50.8 Å². The molecule has 108 valence electrons. The fourth-order valence-corrected chi connectivity index (χ4v) is 4.37. The topological polar surface area (TPSA) is 36.4 Å². The van der Waals surface area contributed by atoms with Gasteiger partial charge >= 0.3 is 0 Å². The lowest BCUT2D eigenvalue weighted by Gasteiger charge is -2.37. The van der Waals surface area contributed by atoms with Crippen molar-refractivity contribution >= 4 is 42.6 Å². The van der Waals surface area contributed by atoms with E-state index in [0.717, 1.165) is 41.1 Å². The minimum atomic E-state index is -0.565. The number of rotatable bonds is 2. The molecule has 0 spiro atoms. The van der Waals surface area contributed by atoms with Crippen molar-refractivity contribution in [3.63, 3.8) is 0 Å². The summed E-state index contributed by atoms with van der Waals surface area (Å²) >= 11 is 5.25. The first-order chi connectivity index (χ1) is 9.43. The summed E-state index contributed by atoms with van der Waals surface area (Å²) in [5.41, 5.74) is 0.502. The molecule has 1 N–H and O–H groups in total. The molecule has 0 radical (unpaired) electrons. The van der Waals surface area contributed by atoms with Crippen molar-refractivity contribution < 1.29 is 5.11 Å². The van der Waals surface area contributed by atoms with Gasteiger partial charge in [0.05, 0.1) is 15.8 Å². The molecule has 20 heavy (non-hydrogen) atoms. The largest absolute Gasteiger partial charge is 0.390 e. The van der Waals surface area contributed by atoms with Crippen LogP contribution in [0.3, 0.4) is 0 Å². The summed E-state index contributed by atoms with van der Waals surface area (Å²) in [4.78, 5) is 7.07. The highest BCUT2D eigenvalue weighted by Gasteiger charge is 2.31. The van der Waals surface area contributed by atoms with Gasteiger partial charge in [0, 0.05) is 17.6 Å². The maximum atomic E-state index is 10.1. The van der Waals surface area contributed by atoms with E-state index in [1.165, 1.54) is 4.70 Å². The van der Waals surface area contributed by atoms with Gasteiger partial charge in [-0.15, -0.1) is 0 Å². The molecule has 0 bridgehead atoms. The Kier molecular flexibility index (Phi) is 3.77. The molecule has 3 nitrogen and oxygen atoms in total. The molecule has 1 saturated heterocycles. The molecule has 0 unspecified atom stereocenters. The monoisotopic (exact) mass is 354 g/mol. The van der Waals surface area contributed by atoms with E-state index in [1.807, 2.05) is 19.9 Å². The minimum Gasteiger partial charge on any atom is -0.390 e. The van der Waals surface area contributed by atoms with Crippen LogP contribution in [0.25, 0.3) is 10.2 Å². The highest BCUT2D eigenvalue weighted by Crippen LogP contribution is 2.35. The second-order valence-corrected chi connectivity index (χ2v) is 7.95. The van der Waals surface area contributed by atoms with Crippen LogP contribution in [-0.4, -0.2) is 28.8 Å². The molecule has 0 saturated carbocycles. The molecule has 0 amide bonds. The van der Waals surface area contributed by atoms with Crippen molar-refractivity contribution in [1.29, 1.82) is 0 Å². The van der Waals surface area contributed by atoms with Crippen molar-refractivity contribution in [3.05, 3.63) is 22.7 Å². The number of hydrogen-bond acceptors (Lipinski definition) is 4. The molecule has 1 aliphatic heterocycles. The van der Waals surface area contributed by atoms with Crippen molar-refractivity contribution in [3.8, 4) is 0 Å². The standard InChI is InChI=1S/C15H19BrN2OS/c1-15(2,19)10-5-7-18(8-6-10)14-17-12-4-3-11(16)9-13(12)20-14/h3-4,9-10,19H,5-8H2,1-2H3. The van der Waals surface area contributed by atoms with Crippen LogP contribution >= 0.6 is 27.3 Å². The zero-order valence-electron chi connectivity index (χ0n) is 11.8. The Morgan fingerprint density at radius 2 is 2.05 bits per heavy atom. The van der Waals surface area contributed by atoms with E-state index in [9.17, 15) is 5.11 Å². The number of anilines is 1. The van der Waals surface area contributed by atoms with Gasteiger partial charge in [-0.1, -0.05) is 27.3 Å². The van der Waals surface area contributed by atoms with E-state index in [4.69, 9.17) is 4.98 Å². The SMILES string of the molecule is CC(C)(O)C1CCN(c2nc3ccc(Br)cc3s2)CC1. The second kappa shape index (κ2) is 5.28. The van der Waals surface area contributed by atoms with Gasteiger partial charge in [0.2, 0.25) is 0 Å². The molecule has 1 fully saturated rings. The lowest BCUT2D eigenvalue weighted by molar-refractivity contribution is 0.00651. The number of aliphatic hydroxyl groups is 1. The van der Waals surface area contributed by atoms with Crippen LogP contribution in [-0.2, 0) is 0 Å². The maximum absolute atomic E-state index is 10.1. The Labute approximate surface area is 131 Å². The van der Waals surface area contributed by atoms with Crippen molar-refractivity contribution in [2.24, 2.45) is 5.92 Å². The number of fused-ring (bicyclic) bond motifs is 1. The molecule has 1 aromatic carbocycles. The Balaban J connectivity index is 1.76. The molecule has 2 heterocycles. The van der Waals surface area contributed by atoms with E-state index in [2.05, 4.69) is 33.0 Å². The molecular weight excluding hydrogens is 336 g/mol. The first-order valence-corrected chi connectivity index (χ1v) is 8.58. The smallest absolute Gasteiger partial charge is 0.186 e. The zero-order valence-corrected chi connectivity index (χ0v) is 14.2. The molecule has 1 aromatic heterocycles. The van der Waals surface area contributed by atoms with E-state index >= 15 is 0 Å². The third-order valence-electron chi connectivity index (χ3n) is 4.10. The molecule has 2 aromatic rings. The molecule has 3 rings (SSSR count). The van der Waals surface area contributed by atoms with Crippen molar-refractivity contribution in [2.45, 2.75) is 32.3 Å². The maximum Gasteiger partial charge on any atom is 0.186 e. The molecule has 0 atom stereocenters. The van der Waals surface area contributed by atoms with Crippen LogP contribution in [0.1, 0.15) is 26.7 Å². The van der Waals surface area contributed by atoms with Gasteiger partial charge in [-0.3, -0.25) is 0 Å². The number of aromatic nitrogens is 1. The lowest BCUT2D eigenvalue weighted by Crippen LogP contribution is -2.41. The number of benzene rings is 1. The number of nitrogens with zero attached hydrogens (tertiary/aromatic N) is 2. The summed E-state index contributed by atoms with van der Waals surface area (Å²) in [5.74, 6) is 0.391. The molecule has 1 aliphatic rings. The number of halogens is 1. The van der Waals surface area contributed by atoms with Crippen molar-refractivity contribution in [2.75, 3.05) is 18.0 Å². The van der Waals surface area contributed by atoms with Crippen LogP contribution in [0.4, 0.5) is 5.13 Å². The summed E-state index contributed by atoms with van der Waals surface area (Å²) in [5, 5.41) is 11.2. The van der Waals surface area contributed by atoms with Gasteiger partial charge in [0.25, 0.3) is 0 Å². The number of hydrogen-bond donors (Lipinski definition) is 1. The second-order valence-electron chi connectivity index (χ2n) is 6.02. The summed E-state index contributed by atoms with van der Waals surface area (Å²) in [7, 11) is 0. The van der Waals surface area contributed by atoms with Crippen LogP contribution in [0.5, 0.6) is 0 Å². The minimum absolute atomic E-state index is 0.391. The summed E-state index contributed by atoms with van der Waals surface area (Å²) < 4.78 is 2.32. The lowest BCUT2D eigenvalue weighted by atomic mass is 9.83. The normalized spacial score (nSPS) is 17.9. The van der Waals surface area contributed by atoms with E-state index in [-0.39, 0.29) is 0 Å². The predicted octanol–water partition coefficient (Wildman–Crippen LogP) is 4.05. The van der Waals surface area contributed by atoms with Gasteiger partial charge in [0.1, 0.15) is 0 Å². The molecular formula is C15H19BrN2OS. The van der Waals surface area contributed by atoms with Gasteiger partial charge < -0.3 is 10.0 Å². The Hall–Kier alpha value is -0.650. The molecule has 0 aliphatic carbocycles. The quantitative estimate of drug-likeness (QED) is 0.883. The van der Waals surface area contributed by atoms with Crippen LogP contribution in [0.2, 0.25) is 0 Å².